The molecule has 1 rings (SSSR count). The molecule has 0 N–H and O–H groups in total. The van der Waals surface area contributed by atoms with Gasteiger partial charge in [-0.25, -0.2) is 8.42 Å². The molecule has 126 valence electrons. The van der Waals surface area contributed by atoms with Crippen molar-refractivity contribution in [1.82, 2.24) is 4.31 Å². The number of rotatable bonds is 11. The highest BCUT2D eigenvalue weighted by atomic mass is 32.2. The van der Waals surface area contributed by atoms with Gasteiger partial charge in [-0.1, -0.05) is 38.8 Å². The van der Waals surface area contributed by atoms with Crippen LogP contribution in [0.25, 0.3) is 0 Å². The summed E-state index contributed by atoms with van der Waals surface area (Å²) in [6.45, 7) is 5.48. The minimum atomic E-state index is -3.42. The van der Waals surface area contributed by atoms with Crippen LogP contribution >= 0.6 is 0 Å². The molecule has 0 bridgehead atoms. The highest BCUT2D eigenvalue weighted by Crippen LogP contribution is 2.18. The Morgan fingerprint density at radius 1 is 1.00 bits per heavy atom. The number of hydrogen-bond acceptors (Lipinski definition) is 3. The number of hydrogen-bond donors (Lipinski definition) is 0. The first-order valence-corrected chi connectivity index (χ1v) is 9.58. The van der Waals surface area contributed by atoms with Gasteiger partial charge in [0.25, 0.3) is 0 Å². The average Bonchev–Trinajstić information content (AvgIpc) is 2.52. The van der Waals surface area contributed by atoms with Crippen LogP contribution in [0.5, 0.6) is 0 Å². The Hall–Kier alpha value is -0.910. The maximum Gasteiger partial charge on any atom is 0.243 e. The predicted molar refractivity (Wildman–Crippen MR) is 90.6 cm³/mol. The highest BCUT2D eigenvalue weighted by Gasteiger charge is 2.23. The van der Waals surface area contributed by atoms with Gasteiger partial charge in [0.15, 0.2) is 0 Å². The molecule has 0 atom stereocenters. The average molecular weight is 327 g/mol. The summed E-state index contributed by atoms with van der Waals surface area (Å²) in [5.74, 6) is 0. The second-order valence-electron chi connectivity index (χ2n) is 5.50. The molecule has 4 nitrogen and oxygen atoms in total. The van der Waals surface area contributed by atoms with E-state index in [0.29, 0.717) is 24.6 Å². The molecule has 1 aromatic carbocycles. The SMILES string of the molecule is CCCCCc1ccc(S(=O)(=O)N(CCC)CCOC)cc1. The lowest BCUT2D eigenvalue weighted by Gasteiger charge is -2.21. The number of nitrogens with zero attached hydrogens (tertiary/aromatic N) is 1. The summed E-state index contributed by atoms with van der Waals surface area (Å²) in [5, 5.41) is 0. The number of benzene rings is 1. The second-order valence-corrected chi connectivity index (χ2v) is 7.44. The third-order valence-corrected chi connectivity index (χ3v) is 5.56. The highest BCUT2D eigenvalue weighted by molar-refractivity contribution is 7.89. The molecule has 0 aliphatic heterocycles. The summed E-state index contributed by atoms with van der Waals surface area (Å²) in [6, 6.07) is 7.32. The lowest BCUT2D eigenvalue weighted by molar-refractivity contribution is 0.179. The summed E-state index contributed by atoms with van der Waals surface area (Å²) in [7, 11) is -1.84. The summed E-state index contributed by atoms with van der Waals surface area (Å²) in [5.41, 5.74) is 1.20. The van der Waals surface area contributed by atoms with Gasteiger partial charge in [-0.15, -0.1) is 0 Å². The third kappa shape index (κ3) is 5.71. The summed E-state index contributed by atoms with van der Waals surface area (Å²) in [4.78, 5) is 0.372. The minimum Gasteiger partial charge on any atom is -0.383 e. The second kappa shape index (κ2) is 9.98. The van der Waals surface area contributed by atoms with E-state index < -0.39 is 10.0 Å². The zero-order valence-corrected chi connectivity index (χ0v) is 14.9. The third-order valence-electron chi connectivity index (χ3n) is 3.65. The topological polar surface area (TPSA) is 46.6 Å². The molecule has 0 amide bonds. The van der Waals surface area contributed by atoms with Crippen molar-refractivity contribution in [3.63, 3.8) is 0 Å². The molecular weight excluding hydrogens is 298 g/mol. The van der Waals surface area contributed by atoms with Crippen LogP contribution in [-0.2, 0) is 21.2 Å². The molecule has 1 aromatic rings. The Kier molecular flexibility index (Phi) is 8.68. The molecule has 0 aliphatic rings. The van der Waals surface area contributed by atoms with Crippen molar-refractivity contribution in [2.45, 2.75) is 50.8 Å². The van der Waals surface area contributed by atoms with Crippen molar-refractivity contribution in [1.29, 1.82) is 0 Å². The Morgan fingerprint density at radius 2 is 1.68 bits per heavy atom. The van der Waals surface area contributed by atoms with Gasteiger partial charge in [0.1, 0.15) is 0 Å². The van der Waals surface area contributed by atoms with Gasteiger partial charge in [0, 0.05) is 20.2 Å². The van der Waals surface area contributed by atoms with Crippen molar-refractivity contribution < 1.29 is 13.2 Å². The van der Waals surface area contributed by atoms with Crippen LogP contribution in [0, 0.1) is 0 Å². The number of unbranched alkanes of at least 4 members (excludes halogenated alkanes) is 2. The van der Waals surface area contributed by atoms with Gasteiger partial charge < -0.3 is 4.74 Å². The molecule has 0 unspecified atom stereocenters. The molecule has 0 radical (unpaired) electrons. The summed E-state index contributed by atoms with van der Waals surface area (Å²) in [6.07, 6.45) is 5.35. The molecule has 0 aromatic heterocycles. The van der Waals surface area contributed by atoms with Gasteiger partial charge in [0.05, 0.1) is 11.5 Å². The number of aryl methyl sites for hydroxylation is 1. The normalized spacial score (nSPS) is 12.0. The molecule has 0 aliphatic carbocycles. The van der Waals surface area contributed by atoms with E-state index in [-0.39, 0.29) is 0 Å². The van der Waals surface area contributed by atoms with Crippen LogP contribution < -0.4 is 0 Å². The van der Waals surface area contributed by atoms with E-state index in [0.717, 1.165) is 19.3 Å². The van der Waals surface area contributed by atoms with Gasteiger partial charge >= 0.3 is 0 Å². The van der Waals surface area contributed by atoms with E-state index in [4.69, 9.17) is 4.74 Å². The molecular formula is C17H29NO3S. The Morgan fingerprint density at radius 3 is 2.23 bits per heavy atom. The van der Waals surface area contributed by atoms with Crippen molar-refractivity contribution in [3.8, 4) is 0 Å². The van der Waals surface area contributed by atoms with Crippen molar-refractivity contribution >= 4 is 10.0 Å². The molecule has 5 heteroatoms. The first kappa shape index (κ1) is 19.1. The summed E-state index contributed by atoms with van der Waals surface area (Å²) < 4.78 is 31.9. The van der Waals surface area contributed by atoms with Crippen LogP contribution in [0.4, 0.5) is 0 Å². The molecule has 0 spiro atoms. The predicted octanol–water partition coefficient (Wildman–Crippen LogP) is 3.47. The fourth-order valence-corrected chi connectivity index (χ4v) is 3.87. The first-order chi connectivity index (χ1) is 10.6. The van der Waals surface area contributed by atoms with Crippen LogP contribution in [0.15, 0.2) is 29.2 Å². The van der Waals surface area contributed by atoms with Crippen molar-refractivity contribution in [2.75, 3.05) is 26.8 Å². The van der Waals surface area contributed by atoms with E-state index in [9.17, 15) is 8.42 Å². The molecule has 0 saturated heterocycles. The standard InChI is InChI=1S/C17H29NO3S/c1-4-6-7-8-16-9-11-17(12-10-16)22(19,20)18(13-5-2)14-15-21-3/h9-12H,4-8,13-15H2,1-3H3. The van der Waals surface area contributed by atoms with Crippen LogP contribution in [0.3, 0.4) is 0 Å². The quantitative estimate of drug-likeness (QED) is 0.585. The maximum absolute atomic E-state index is 12.7. The monoisotopic (exact) mass is 327 g/mol. The van der Waals surface area contributed by atoms with Crippen LogP contribution in [-0.4, -0.2) is 39.5 Å². The van der Waals surface area contributed by atoms with E-state index in [1.54, 1.807) is 19.2 Å². The lowest BCUT2D eigenvalue weighted by atomic mass is 10.1. The smallest absolute Gasteiger partial charge is 0.243 e. The zero-order valence-electron chi connectivity index (χ0n) is 14.0. The number of sulfonamides is 1. The number of methoxy groups -OCH3 is 1. The van der Waals surface area contributed by atoms with E-state index >= 15 is 0 Å². The Bertz CT molecular complexity index is 511. The number of ether oxygens (including phenoxy) is 1. The van der Waals surface area contributed by atoms with Crippen molar-refractivity contribution in [3.05, 3.63) is 29.8 Å². The van der Waals surface area contributed by atoms with Gasteiger partial charge in [0.2, 0.25) is 10.0 Å². The Labute approximate surface area is 135 Å². The fraction of sp³-hybridized carbons (Fsp3) is 0.647. The molecule has 0 fully saturated rings. The molecule has 22 heavy (non-hydrogen) atoms. The largest absolute Gasteiger partial charge is 0.383 e. The van der Waals surface area contributed by atoms with Gasteiger partial charge in [-0.2, -0.15) is 4.31 Å². The van der Waals surface area contributed by atoms with Gasteiger partial charge in [-0.05, 0) is 37.0 Å². The first-order valence-electron chi connectivity index (χ1n) is 8.14. The fourth-order valence-electron chi connectivity index (χ4n) is 2.35. The lowest BCUT2D eigenvalue weighted by Crippen LogP contribution is -2.34. The zero-order chi connectivity index (χ0) is 16.4. The van der Waals surface area contributed by atoms with Gasteiger partial charge in [-0.3, -0.25) is 0 Å². The van der Waals surface area contributed by atoms with Crippen molar-refractivity contribution in [2.24, 2.45) is 0 Å². The van der Waals surface area contributed by atoms with Crippen LogP contribution in [0.1, 0.15) is 45.1 Å². The minimum absolute atomic E-state index is 0.372. The van der Waals surface area contributed by atoms with E-state index in [1.807, 2.05) is 19.1 Å². The summed E-state index contributed by atoms with van der Waals surface area (Å²) >= 11 is 0. The van der Waals surface area contributed by atoms with E-state index in [1.165, 1.54) is 22.7 Å². The van der Waals surface area contributed by atoms with Crippen LogP contribution in [0.2, 0.25) is 0 Å². The maximum atomic E-state index is 12.7. The Balaban J connectivity index is 2.81. The van der Waals surface area contributed by atoms with E-state index in [2.05, 4.69) is 6.92 Å². The molecule has 0 saturated carbocycles. The molecule has 0 heterocycles.